The van der Waals surface area contributed by atoms with E-state index in [9.17, 15) is 28.8 Å². The summed E-state index contributed by atoms with van der Waals surface area (Å²) >= 11 is 0. The van der Waals surface area contributed by atoms with E-state index >= 15 is 0 Å². The summed E-state index contributed by atoms with van der Waals surface area (Å²) < 4.78 is 0. The van der Waals surface area contributed by atoms with Crippen molar-refractivity contribution in [3.8, 4) is 0 Å². The second kappa shape index (κ2) is 22.1. The number of nitrogens with zero attached hydrogens (tertiary/aromatic N) is 2. The molecule has 52 heavy (non-hydrogen) atoms. The molecule has 5 atom stereocenters. The molecule has 0 radical (unpaired) electrons. The largest absolute Gasteiger partial charge is 0.350 e. The van der Waals surface area contributed by atoms with Crippen molar-refractivity contribution in [1.82, 2.24) is 31.1 Å². The van der Waals surface area contributed by atoms with Crippen LogP contribution in [-0.2, 0) is 24.0 Å². The molecule has 0 bridgehead atoms. The third-order valence-electron chi connectivity index (χ3n) is 11.0. The van der Waals surface area contributed by atoms with E-state index in [1.165, 1.54) is 0 Å². The molecule has 1 unspecified atom stereocenters. The number of ketones is 1. The molecule has 2 saturated heterocycles. The quantitative estimate of drug-likeness (QED) is 0.124. The van der Waals surface area contributed by atoms with Gasteiger partial charge in [0.1, 0.15) is 12.1 Å². The van der Waals surface area contributed by atoms with Gasteiger partial charge in [-0.05, 0) is 68.6 Å². The van der Waals surface area contributed by atoms with Crippen LogP contribution in [0.3, 0.4) is 0 Å². The molecule has 0 aromatic rings. The number of nitrogens with one attached hydrogen (secondary N) is 4. The molecule has 12 heteroatoms. The topological polar surface area (TPSA) is 157 Å². The Morgan fingerprint density at radius 2 is 1.52 bits per heavy atom. The molecule has 3 aliphatic rings. The first-order valence-electron chi connectivity index (χ1n) is 20.5. The van der Waals surface area contributed by atoms with Gasteiger partial charge in [-0.25, -0.2) is 4.79 Å². The Labute approximate surface area is 314 Å². The van der Waals surface area contributed by atoms with E-state index in [4.69, 9.17) is 0 Å². The lowest BCUT2D eigenvalue weighted by molar-refractivity contribution is -0.144. The van der Waals surface area contributed by atoms with Crippen LogP contribution in [0, 0.1) is 23.2 Å². The summed E-state index contributed by atoms with van der Waals surface area (Å²) in [6, 6.07) is -3.44. The highest BCUT2D eigenvalue weighted by molar-refractivity contribution is 6.38. The number of hydrogen-bond acceptors (Lipinski definition) is 6. The van der Waals surface area contributed by atoms with Crippen molar-refractivity contribution in [1.29, 1.82) is 0 Å². The lowest BCUT2D eigenvalue weighted by atomic mass is 9.82. The molecule has 3 fully saturated rings. The van der Waals surface area contributed by atoms with Crippen LogP contribution < -0.4 is 21.3 Å². The van der Waals surface area contributed by atoms with Crippen molar-refractivity contribution >= 4 is 35.4 Å². The van der Waals surface area contributed by atoms with Crippen molar-refractivity contribution in [3.63, 3.8) is 0 Å². The zero-order valence-corrected chi connectivity index (χ0v) is 33.9. The molecule has 12 nitrogen and oxygen atoms in total. The first-order valence-corrected chi connectivity index (χ1v) is 20.5. The maximum Gasteiger partial charge on any atom is 0.315 e. The van der Waals surface area contributed by atoms with Crippen LogP contribution in [0.1, 0.15) is 146 Å². The molecule has 0 aromatic heterocycles. The number of urea groups is 1. The molecule has 2 heterocycles. The molecule has 0 spiro atoms. The van der Waals surface area contributed by atoms with Gasteiger partial charge >= 0.3 is 6.03 Å². The van der Waals surface area contributed by atoms with Gasteiger partial charge in [0.25, 0.3) is 5.91 Å². The molecule has 2 aliphatic heterocycles. The molecule has 298 valence electrons. The van der Waals surface area contributed by atoms with Crippen LogP contribution in [0.4, 0.5) is 4.79 Å². The van der Waals surface area contributed by atoms with Crippen molar-refractivity contribution in [3.05, 3.63) is 0 Å². The van der Waals surface area contributed by atoms with Crippen molar-refractivity contribution in [2.75, 3.05) is 26.2 Å². The van der Waals surface area contributed by atoms with E-state index < -0.39 is 41.8 Å². The van der Waals surface area contributed by atoms with E-state index in [-0.39, 0.29) is 41.0 Å². The van der Waals surface area contributed by atoms with Gasteiger partial charge < -0.3 is 31.1 Å². The van der Waals surface area contributed by atoms with Gasteiger partial charge in [-0.2, -0.15) is 0 Å². The molecular weight excluding hydrogens is 660 g/mol. The molecular formula is C40H72N6O6. The number of carbonyl (C=O) groups excluding carboxylic acids is 6. The van der Waals surface area contributed by atoms with Crippen molar-refractivity contribution in [2.24, 2.45) is 23.2 Å². The fourth-order valence-corrected chi connectivity index (χ4v) is 7.81. The average Bonchev–Trinajstić information content (AvgIpc) is 3.57. The highest BCUT2D eigenvalue weighted by atomic mass is 16.2. The Morgan fingerprint density at radius 3 is 2.10 bits per heavy atom. The standard InChI is InChI=1S/C38H66N6O6.C2H6/c1-8-10-12-19-28(33(46)35(48)39-9-2)40-34(47)32-27(25(3)4)21-23-44(32)36(49)31(26-17-13-11-14-18-26)42-37(50)41-29(38(5,6)7)24-43-22-16-15-20-30(43)45;1-2/h25-29,31-32H,8-24H2,1-7H3,(H,39,48)(H,40,47)(H2,41,42,50);1-2H3/t27-,28?,29-,31+,32+;/m1./s1. The summed E-state index contributed by atoms with van der Waals surface area (Å²) in [5, 5.41) is 11.6. The summed E-state index contributed by atoms with van der Waals surface area (Å²) in [5.74, 6) is -2.17. The summed E-state index contributed by atoms with van der Waals surface area (Å²) in [6.45, 7) is 19.7. The number of unbranched alkanes of at least 4 members (excludes halogenated alkanes) is 2. The third-order valence-corrected chi connectivity index (χ3v) is 11.0. The van der Waals surface area contributed by atoms with Gasteiger partial charge in [0.2, 0.25) is 23.5 Å². The third kappa shape index (κ3) is 13.0. The predicted octanol–water partition coefficient (Wildman–Crippen LogP) is 5.33. The molecule has 1 saturated carbocycles. The molecule has 0 aromatic carbocycles. The highest BCUT2D eigenvalue weighted by Crippen LogP contribution is 2.34. The van der Waals surface area contributed by atoms with E-state index in [1.807, 2.05) is 60.3 Å². The van der Waals surface area contributed by atoms with Gasteiger partial charge in [-0.3, -0.25) is 24.0 Å². The highest BCUT2D eigenvalue weighted by Gasteiger charge is 2.47. The maximum atomic E-state index is 14.6. The second-order valence-corrected chi connectivity index (χ2v) is 16.2. The normalized spacial score (nSPS) is 21.4. The van der Waals surface area contributed by atoms with Gasteiger partial charge in [0, 0.05) is 32.6 Å². The van der Waals surface area contributed by atoms with E-state index in [0.717, 1.165) is 57.8 Å². The van der Waals surface area contributed by atoms with E-state index in [2.05, 4.69) is 21.3 Å². The lowest BCUT2D eigenvalue weighted by Crippen LogP contribution is -2.61. The summed E-state index contributed by atoms with van der Waals surface area (Å²) in [4.78, 5) is 84.4. The first kappa shape index (κ1) is 45.0. The smallest absolute Gasteiger partial charge is 0.315 e. The summed E-state index contributed by atoms with van der Waals surface area (Å²) in [7, 11) is 0. The zero-order chi connectivity index (χ0) is 39.0. The van der Waals surface area contributed by atoms with Gasteiger partial charge in [0.05, 0.1) is 12.1 Å². The molecule has 6 amide bonds. The monoisotopic (exact) mass is 733 g/mol. The van der Waals surface area contributed by atoms with Crippen LogP contribution in [0.15, 0.2) is 0 Å². The van der Waals surface area contributed by atoms with E-state index in [1.54, 1.807) is 11.8 Å². The van der Waals surface area contributed by atoms with Crippen LogP contribution in [0.2, 0.25) is 0 Å². The maximum absolute atomic E-state index is 14.6. The Morgan fingerprint density at radius 1 is 0.846 bits per heavy atom. The minimum atomic E-state index is -0.981. The molecule has 4 N–H and O–H groups in total. The number of likely N-dealkylation sites (tertiary alicyclic amines) is 2. The molecule has 3 rings (SSSR count). The predicted molar refractivity (Wildman–Crippen MR) is 205 cm³/mol. The fraction of sp³-hybridized carbons (Fsp3) is 0.850. The summed E-state index contributed by atoms with van der Waals surface area (Å²) in [6.07, 6.45) is 10.3. The van der Waals surface area contributed by atoms with Crippen molar-refractivity contribution in [2.45, 2.75) is 170 Å². The Kier molecular flexibility index (Phi) is 19.1. The minimum absolute atomic E-state index is 0.0793. The Balaban J connectivity index is 0.00000460. The van der Waals surface area contributed by atoms with Crippen LogP contribution >= 0.6 is 0 Å². The average molecular weight is 733 g/mol. The lowest BCUT2D eigenvalue weighted by Gasteiger charge is -2.39. The first-order chi connectivity index (χ1) is 24.7. The van der Waals surface area contributed by atoms with E-state index in [0.29, 0.717) is 51.9 Å². The second-order valence-electron chi connectivity index (χ2n) is 16.2. The number of likely N-dealkylation sites (N-methyl/N-ethyl adjacent to an activating group) is 1. The Bertz CT molecular complexity index is 1180. The van der Waals surface area contributed by atoms with Gasteiger partial charge in [0.15, 0.2) is 0 Å². The number of rotatable bonds is 16. The summed E-state index contributed by atoms with van der Waals surface area (Å²) in [5.41, 5.74) is -0.346. The van der Waals surface area contributed by atoms with Gasteiger partial charge in [-0.15, -0.1) is 0 Å². The SMILES string of the molecule is CC.CCCCCC(NC(=O)[C@@H]1[C@@H](C(C)C)CCN1C(=O)[C@@H](NC(=O)N[C@H](CN1CCCCC1=O)C(C)(C)C)C1CCCCC1)C(=O)C(=O)NCC. The van der Waals surface area contributed by atoms with Gasteiger partial charge in [-0.1, -0.05) is 93.9 Å². The fourth-order valence-electron chi connectivity index (χ4n) is 7.81. The number of amides is 6. The van der Waals surface area contributed by atoms with Crippen LogP contribution in [0.5, 0.6) is 0 Å². The van der Waals surface area contributed by atoms with Crippen molar-refractivity contribution < 1.29 is 28.8 Å². The zero-order valence-electron chi connectivity index (χ0n) is 33.9. The number of carbonyl (C=O) groups is 6. The molecule has 1 aliphatic carbocycles. The number of piperidine rings is 1. The number of Topliss-reactive ketones (excluding diaryl/α,β-unsaturated/α-hetero) is 1. The van der Waals surface area contributed by atoms with Crippen LogP contribution in [0.25, 0.3) is 0 Å². The number of hydrogen-bond donors (Lipinski definition) is 4. The van der Waals surface area contributed by atoms with Crippen LogP contribution in [-0.4, -0.2) is 95.6 Å². The minimum Gasteiger partial charge on any atom is -0.350 e. The Hall–Kier alpha value is -3.18.